The van der Waals surface area contributed by atoms with Gasteiger partial charge in [0.25, 0.3) is 11.1 Å². The minimum Gasteiger partial charge on any atom is -0.459 e. The van der Waals surface area contributed by atoms with Gasteiger partial charge in [0.2, 0.25) is 5.91 Å². The number of carbonyl (C=O) groups excluding carboxylic acids is 2. The highest BCUT2D eigenvalue weighted by molar-refractivity contribution is 7.99. The van der Waals surface area contributed by atoms with Gasteiger partial charge in [-0.15, -0.1) is 10.2 Å². The fraction of sp³-hybridized carbons (Fsp3) is 0.111. The molecule has 0 fully saturated rings. The molecule has 3 N–H and O–H groups in total. The number of nitrogens with two attached hydrogens (primary N) is 1. The molecular formula is C9H8N4O4S. The number of urea groups is 1. The average Bonchev–Trinajstić information content (AvgIpc) is 2.96. The number of nitrogens with zero attached hydrogens (tertiary/aromatic N) is 2. The molecule has 8 nitrogen and oxygen atoms in total. The van der Waals surface area contributed by atoms with Gasteiger partial charge in [0.05, 0.1) is 12.0 Å². The Labute approximate surface area is 105 Å². The molecule has 0 bridgehead atoms. The molecule has 3 amide bonds. The third-order valence-electron chi connectivity index (χ3n) is 1.73. The Morgan fingerprint density at radius 1 is 1.44 bits per heavy atom. The quantitative estimate of drug-likeness (QED) is 0.778. The van der Waals surface area contributed by atoms with Crippen LogP contribution >= 0.6 is 11.8 Å². The molecule has 9 heteroatoms. The summed E-state index contributed by atoms with van der Waals surface area (Å²) in [6.45, 7) is 0. The molecule has 2 aromatic heterocycles. The molecule has 0 aromatic carbocycles. The number of thioether (sulfide) groups is 1. The van der Waals surface area contributed by atoms with Crippen LogP contribution in [0.5, 0.6) is 0 Å². The second-order valence-corrected chi connectivity index (χ2v) is 3.98. The van der Waals surface area contributed by atoms with Gasteiger partial charge in [-0.25, -0.2) is 4.79 Å². The van der Waals surface area contributed by atoms with Gasteiger partial charge in [-0.05, 0) is 12.1 Å². The van der Waals surface area contributed by atoms with Crippen molar-refractivity contribution in [2.24, 2.45) is 5.73 Å². The van der Waals surface area contributed by atoms with Crippen molar-refractivity contribution in [3.05, 3.63) is 18.4 Å². The zero-order chi connectivity index (χ0) is 13.0. The molecule has 2 rings (SSSR count). The normalized spacial score (nSPS) is 10.2. The maximum absolute atomic E-state index is 11.1. The summed E-state index contributed by atoms with van der Waals surface area (Å²) in [4.78, 5) is 21.5. The van der Waals surface area contributed by atoms with Gasteiger partial charge < -0.3 is 14.6 Å². The summed E-state index contributed by atoms with van der Waals surface area (Å²) in [5.41, 5.74) is 4.79. The lowest BCUT2D eigenvalue weighted by atomic mass is 10.5. The van der Waals surface area contributed by atoms with Crippen molar-refractivity contribution >= 4 is 23.7 Å². The van der Waals surface area contributed by atoms with Crippen LogP contribution in [0, 0.1) is 0 Å². The number of hydrogen-bond donors (Lipinski definition) is 2. The number of primary amides is 1. The molecule has 94 valence electrons. The minimum atomic E-state index is -0.901. The van der Waals surface area contributed by atoms with Crippen molar-refractivity contribution in [3.63, 3.8) is 0 Å². The van der Waals surface area contributed by atoms with Crippen LogP contribution in [0.25, 0.3) is 11.7 Å². The van der Waals surface area contributed by atoms with E-state index in [9.17, 15) is 9.59 Å². The molecule has 0 saturated carbocycles. The molecule has 18 heavy (non-hydrogen) atoms. The highest BCUT2D eigenvalue weighted by atomic mass is 32.2. The van der Waals surface area contributed by atoms with Crippen LogP contribution in [0.1, 0.15) is 0 Å². The lowest BCUT2D eigenvalue weighted by Crippen LogP contribution is -2.36. The number of amides is 3. The summed E-state index contributed by atoms with van der Waals surface area (Å²) in [6, 6.07) is 2.46. The summed E-state index contributed by atoms with van der Waals surface area (Å²) in [5, 5.41) is 9.57. The fourth-order valence-electron chi connectivity index (χ4n) is 1.07. The lowest BCUT2D eigenvalue weighted by molar-refractivity contribution is -0.117. The first-order chi connectivity index (χ1) is 8.65. The Morgan fingerprint density at radius 3 is 2.94 bits per heavy atom. The number of imide groups is 1. The Kier molecular flexibility index (Phi) is 3.63. The predicted octanol–water partition coefficient (Wildman–Crippen LogP) is 0.617. The van der Waals surface area contributed by atoms with Crippen LogP contribution in [0.4, 0.5) is 4.79 Å². The van der Waals surface area contributed by atoms with E-state index >= 15 is 0 Å². The predicted molar refractivity (Wildman–Crippen MR) is 60.5 cm³/mol. The first-order valence-corrected chi connectivity index (χ1v) is 5.73. The van der Waals surface area contributed by atoms with E-state index in [0.717, 1.165) is 11.8 Å². The van der Waals surface area contributed by atoms with Gasteiger partial charge in [0.1, 0.15) is 0 Å². The van der Waals surface area contributed by atoms with E-state index in [0.29, 0.717) is 5.76 Å². The molecule has 2 heterocycles. The summed E-state index contributed by atoms with van der Waals surface area (Å²) in [6.07, 6.45) is 1.48. The van der Waals surface area contributed by atoms with Gasteiger partial charge in [-0.3, -0.25) is 10.1 Å². The van der Waals surface area contributed by atoms with Crippen LogP contribution in [0.15, 0.2) is 32.5 Å². The van der Waals surface area contributed by atoms with Crippen LogP contribution in [0.2, 0.25) is 0 Å². The number of furan rings is 1. The number of hydrogen-bond acceptors (Lipinski definition) is 7. The second-order valence-electron chi connectivity index (χ2n) is 3.05. The van der Waals surface area contributed by atoms with E-state index in [-0.39, 0.29) is 16.9 Å². The van der Waals surface area contributed by atoms with Crippen LogP contribution < -0.4 is 11.1 Å². The molecule has 0 aliphatic heterocycles. The Balaban J connectivity index is 1.91. The summed E-state index contributed by atoms with van der Waals surface area (Å²) in [5.74, 6) is 0.0712. The zero-order valence-electron chi connectivity index (χ0n) is 8.95. The Hall–Kier alpha value is -2.29. The van der Waals surface area contributed by atoms with E-state index in [1.807, 2.05) is 5.32 Å². The van der Waals surface area contributed by atoms with Crippen molar-refractivity contribution in [2.45, 2.75) is 5.22 Å². The summed E-state index contributed by atoms with van der Waals surface area (Å²) < 4.78 is 10.3. The highest BCUT2D eigenvalue weighted by Gasteiger charge is 2.13. The smallest absolute Gasteiger partial charge is 0.318 e. The standard InChI is InChI=1S/C9H8N4O4S/c10-8(15)11-6(14)4-18-9-13-12-7(17-9)5-2-1-3-16-5/h1-3H,4H2,(H3,10,11,14,15). The molecule has 0 radical (unpaired) electrons. The topological polar surface area (TPSA) is 124 Å². The highest BCUT2D eigenvalue weighted by Crippen LogP contribution is 2.22. The van der Waals surface area contributed by atoms with Crippen molar-refractivity contribution < 1.29 is 18.4 Å². The monoisotopic (exact) mass is 268 g/mol. The maximum Gasteiger partial charge on any atom is 0.318 e. The largest absolute Gasteiger partial charge is 0.459 e. The SMILES string of the molecule is NC(=O)NC(=O)CSc1nnc(-c2ccco2)o1. The zero-order valence-corrected chi connectivity index (χ0v) is 9.77. The molecular weight excluding hydrogens is 260 g/mol. The van der Waals surface area contributed by atoms with Crippen molar-refractivity contribution in [1.82, 2.24) is 15.5 Å². The Bertz CT molecular complexity index is 551. The fourth-order valence-corrected chi connectivity index (χ4v) is 1.63. The minimum absolute atomic E-state index is 0.0528. The maximum atomic E-state index is 11.1. The van der Waals surface area contributed by atoms with E-state index < -0.39 is 11.9 Å². The number of rotatable bonds is 4. The summed E-state index contributed by atoms with van der Waals surface area (Å²) in [7, 11) is 0. The molecule has 0 atom stereocenters. The number of carbonyl (C=O) groups is 2. The lowest BCUT2D eigenvalue weighted by Gasteiger charge is -1.96. The van der Waals surface area contributed by atoms with Gasteiger partial charge in [-0.1, -0.05) is 11.8 Å². The molecule has 0 unspecified atom stereocenters. The van der Waals surface area contributed by atoms with Crippen molar-refractivity contribution in [2.75, 3.05) is 5.75 Å². The molecule has 0 spiro atoms. The average molecular weight is 268 g/mol. The van der Waals surface area contributed by atoms with Crippen molar-refractivity contribution in [1.29, 1.82) is 0 Å². The van der Waals surface area contributed by atoms with Gasteiger partial charge in [0.15, 0.2) is 5.76 Å². The third kappa shape index (κ3) is 3.10. The number of aromatic nitrogens is 2. The molecule has 0 saturated heterocycles. The van der Waals surface area contributed by atoms with Crippen molar-refractivity contribution in [3.8, 4) is 11.7 Å². The molecule has 2 aromatic rings. The van der Waals surface area contributed by atoms with Gasteiger partial charge in [-0.2, -0.15) is 0 Å². The van der Waals surface area contributed by atoms with Gasteiger partial charge in [0, 0.05) is 0 Å². The number of nitrogens with one attached hydrogen (secondary N) is 1. The van der Waals surface area contributed by atoms with E-state index in [1.165, 1.54) is 6.26 Å². The second kappa shape index (κ2) is 5.36. The van der Waals surface area contributed by atoms with E-state index in [4.69, 9.17) is 14.6 Å². The van der Waals surface area contributed by atoms with E-state index in [1.54, 1.807) is 12.1 Å². The van der Waals surface area contributed by atoms with Crippen LogP contribution in [-0.2, 0) is 4.79 Å². The molecule has 0 aliphatic carbocycles. The first-order valence-electron chi connectivity index (χ1n) is 4.74. The molecule has 0 aliphatic rings. The Morgan fingerprint density at radius 2 is 2.28 bits per heavy atom. The third-order valence-corrected chi connectivity index (χ3v) is 2.55. The van der Waals surface area contributed by atoms with Crippen LogP contribution in [0.3, 0.4) is 0 Å². The first kappa shape index (κ1) is 12.2. The van der Waals surface area contributed by atoms with Crippen LogP contribution in [-0.4, -0.2) is 27.9 Å². The van der Waals surface area contributed by atoms with E-state index in [2.05, 4.69) is 10.2 Å². The summed E-state index contributed by atoms with van der Waals surface area (Å²) >= 11 is 0.987. The van der Waals surface area contributed by atoms with Gasteiger partial charge >= 0.3 is 6.03 Å².